The predicted molar refractivity (Wildman–Crippen MR) is 63.7 cm³/mol. The number of amides is 3. The summed E-state index contributed by atoms with van der Waals surface area (Å²) in [6.45, 7) is 3.44. The van der Waals surface area contributed by atoms with Crippen LogP contribution in [-0.4, -0.2) is 17.3 Å². The van der Waals surface area contributed by atoms with Crippen LogP contribution in [0.1, 0.15) is 12.5 Å². The summed E-state index contributed by atoms with van der Waals surface area (Å²) in [5.74, 6) is -0.522. The first-order valence-electron chi connectivity index (χ1n) is 4.81. The van der Waals surface area contributed by atoms with Gasteiger partial charge in [-0.3, -0.25) is 10.1 Å². The van der Waals surface area contributed by atoms with Crippen LogP contribution in [0.4, 0.5) is 10.5 Å². The molecule has 0 saturated carbocycles. The Kier molecular flexibility index (Phi) is 4.31. The lowest BCUT2D eigenvalue weighted by atomic mass is 10.2. The van der Waals surface area contributed by atoms with Gasteiger partial charge in [0.1, 0.15) is 5.38 Å². The van der Waals surface area contributed by atoms with E-state index in [-0.39, 0.29) is 0 Å². The van der Waals surface area contributed by atoms with E-state index in [1.165, 1.54) is 6.92 Å². The second kappa shape index (κ2) is 5.51. The molecule has 4 nitrogen and oxygen atoms in total. The summed E-state index contributed by atoms with van der Waals surface area (Å²) in [5.41, 5.74) is 1.72. The zero-order valence-corrected chi connectivity index (χ0v) is 9.84. The molecule has 0 saturated heterocycles. The van der Waals surface area contributed by atoms with Crippen LogP contribution in [0.3, 0.4) is 0 Å². The Morgan fingerprint density at radius 1 is 1.25 bits per heavy atom. The normalized spacial score (nSPS) is 11.7. The topological polar surface area (TPSA) is 58.2 Å². The Balaban J connectivity index is 2.52. The lowest BCUT2D eigenvalue weighted by Gasteiger charge is -2.07. The van der Waals surface area contributed by atoms with Crippen molar-refractivity contribution in [2.45, 2.75) is 19.2 Å². The number of nitrogens with one attached hydrogen (secondary N) is 2. The molecule has 1 aromatic carbocycles. The highest BCUT2D eigenvalue weighted by atomic mass is 35.5. The molecular formula is C11H13ClN2O2. The molecule has 0 aliphatic heterocycles. The van der Waals surface area contributed by atoms with E-state index in [4.69, 9.17) is 11.6 Å². The molecule has 0 spiro atoms. The number of halogens is 1. The van der Waals surface area contributed by atoms with Crippen molar-refractivity contribution in [2.75, 3.05) is 5.32 Å². The first-order valence-corrected chi connectivity index (χ1v) is 5.25. The smallest absolute Gasteiger partial charge is 0.308 e. The van der Waals surface area contributed by atoms with Gasteiger partial charge in [0, 0.05) is 5.69 Å². The highest BCUT2D eigenvalue weighted by molar-refractivity contribution is 6.31. The van der Waals surface area contributed by atoms with Crippen molar-refractivity contribution >= 4 is 29.2 Å². The Morgan fingerprint density at radius 3 is 2.31 bits per heavy atom. The molecule has 0 fully saturated rings. The summed E-state index contributed by atoms with van der Waals surface area (Å²) in [4.78, 5) is 22.4. The molecule has 16 heavy (non-hydrogen) atoms. The first kappa shape index (κ1) is 12.5. The van der Waals surface area contributed by atoms with Gasteiger partial charge >= 0.3 is 6.03 Å². The number of carbonyl (C=O) groups excluding carboxylic acids is 2. The molecule has 0 bridgehead atoms. The zero-order chi connectivity index (χ0) is 12.1. The number of imide groups is 1. The quantitative estimate of drug-likeness (QED) is 0.779. The largest absolute Gasteiger partial charge is 0.325 e. The molecule has 0 aliphatic carbocycles. The standard InChI is InChI=1S/C11H13ClN2O2/c1-7-3-5-9(6-4-7)13-11(16)14-10(15)8(2)12/h3-6,8H,1-2H3,(H2,13,14,15,16)/t8-/m0/s1. The van der Waals surface area contributed by atoms with Crippen LogP contribution in [0, 0.1) is 6.92 Å². The predicted octanol–water partition coefficient (Wildman–Crippen LogP) is 2.27. The van der Waals surface area contributed by atoms with Crippen molar-refractivity contribution in [1.29, 1.82) is 0 Å². The van der Waals surface area contributed by atoms with E-state index in [2.05, 4.69) is 10.6 Å². The maximum absolute atomic E-state index is 11.3. The maximum atomic E-state index is 11.3. The van der Waals surface area contributed by atoms with Gasteiger partial charge in [0.25, 0.3) is 0 Å². The summed E-state index contributed by atoms with van der Waals surface area (Å²) in [5, 5.41) is 3.91. The molecular weight excluding hydrogens is 228 g/mol. The van der Waals surface area contributed by atoms with Gasteiger partial charge in [-0.1, -0.05) is 17.7 Å². The Hall–Kier alpha value is -1.55. The van der Waals surface area contributed by atoms with Crippen LogP contribution >= 0.6 is 11.6 Å². The monoisotopic (exact) mass is 240 g/mol. The second-order valence-electron chi connectivity index (χ2n) is 3.43. The number of rotatable bonds is 2. The van der Waals surface area contributed by atoms with E-state index in [1.54, 1.807) is 12.1 Å². The van der Waals surface area contributed by atoms with Gasteiger partial charge in [-0.05, 0) is 26.0 Å². The molecule has 86 valence electrons. The summed E-state index contributed by atoms with van der Waals surface area (Å²) < 4.78 is 0. The van der Waals surface area contributed by atoms with Gasteiger partial charge in [0.05, 0.1) is 0 Å². The number of anilines is 1. The van der Waals surface area contributed by atoms with Gasteiger partial charge in [-0.15, -0.1) is 11.6 Å². The van der Waals surface area contributed by atoms with Gasteiger partial charge in [-0.2, -0.15) is 0 Å². The number of carbonyl (C=O) groups is 2. The zero-order valence-electron chi connectivity index (χ0n) is 9.08. The molecule has 0 aromatic heterocycles. The fourth-order valence-electron chi connectivity index (χ4n) is 1.01. The fraction of sp³-hybridized carbons (Fsp3) is 0.273. The number of alkyl halides is 1. The van der Waals surface area contributed by atoms with Gasteiger partial charge in [0.2, 0.25) is 5.91 Å². The van der Waals surface area contributed by atoms with Crippen LogP contribution in [0.5, 0.6) is 0 Å². The minimum atomic E-state index is -0.733. The van der Waals surface area contributed by atoms with Crippen molar-refractivity contribution < 1.29 is 9.59 Å². The van der Waals surface area contributed by atoms with E-state index >= 15 is 0 Å². The molecule has 0 heterocycles. The lowest BCUT2D eigenvalue weighted by molar-refractivity contribution is -0.119. The molecule has 0 radical (unpaired) electrons. The molecule has 1 aromatic rings. The Bertz CT molecular complexity index is 387. The SMILES string of the molecule is Cc1ccc(NC(=O)NC(=O)[C@H](C)Cl)cc1. The average Bonchev–Trinajstić information content (AvgIpc) is 2.21. The van der Waals surface area contributed by atoms with Crippen molar-refractivity contribution in [1.82, 2.24) is 5.32 Å². The van der Waals surface area contributed by atoms with Crippen molar-refractivity contribution in [2.24, 2.45) is 0 Å². The van der Waals surface area contributed by atoms with Crippen LogP contribution in [-0.2, 0) is 4.79 Å². The van der Waals surface area contributed by atoms with Crippen molar-refractivity contribution in [3.8, 4) is 0 Å². The van der Waals surface area contributed by atoms with Crippen molar-refractivity contribution in [3.63, 3.8) is 0 Å². The van der Waals surface area contributed by atoms with Crippen LogP contribution < -0.4 is 10.6 Å². The Labute approximate surface area is 99.0 Å². The minimum Gasteiger partial charge on any atom is -0.308 e. The van der Waals surface area contributed by atoms with E-state index < -0.39 is 17.3 Å². The molecule has 2 N–H and O–H groups in total. The number of hydrogen-bond acceptors (Lipinski definition) is 2. The third kappa shape index (κ3) is 3.90. The lowest BCUT2D eigenvalue weighted by Crippen LogP contribution is -2.38. The molecule has 5 heteroatoms. The number of benzene rings is 1. The third-order valence-corrected chi connectivity index (χ3v) is 2.11. The summed E-state index contributed by atoms with van der Waals surface area (Å²) in [6.07, 6.45) is 0. The van der Waals surface area contributed by atoms with Crippen LogP contribution in [0.25, 0.3) is 0 Å². The maximum Gasteiger partial charge on any atom is 0.325 e. The van der Waals surface area contributed by atoms with Crippen LogP contribution in [0.15, 0.2) is 24.3 Å². The summed E-state index contributed by atoms with van der Waals surface area (Å²) in [7, 11) is 0. The Morgan fingerprint density at radius 2 is 1.81 bits per heavy atom. The highest BCUT2D eigenvalue weighted by Gasteiger charge is 2.12. The highest BCUT2D eigenvalue weighted by Crippen LogP contribution is 2.08. The van der Waals surface area contributed by atoms with Crippen molar-refractivity contribution in [3.05, 3.63) is 29.8 Å². The number of hydrogen-bond donors (Lipinski definition) is 2. The van der Waals surface area contributed by atoms with E-state index in [1.807, 2.05) is 19.1 Å². The average molecular weight is 241 g/mol. The second-order valence-corrected chi connectivity index (χ2v) is 4.08. The number of aryl methyl sites for hydroxylation is 1. The van der Waals surface area contributed by atoms with Gasteiger partial charge in [0.15, 0.2) is 0 Å². The molecule has 3 amide bonds. The van der Waals surface area contributed by atoms with E-state index in [0.717, 1.165) is 5.56 Å². The van der Waals surface area contributed by atoms with Gasteiger partial charge in [-0.25, -0.2) is 4.79 Å². The fourth-order valence-corrected chi connectivity index (χ4v) is 1.07. The summed E-state index contributed by atoms with van der Waals surface area (Å²) >= 11 is 5.50. The minimum absolute atomic E-state index is 0.522. The van der Waals surface area contributed by atoms with Crippen LogP contribution in [0.2, 0.25) is 0 Å². The van der Waals surface area contributed by atoms with E-state index in [9.17, 15) is 9.59 Å². The summed E-state index contributed by atoms with van der Waals surface area (Å²) in [6, 6.07) is 6.65. The van der Waals surface area contributed by atoms with E-state index in [0.29, 0.717) is 5.69 Å². The van der Waals surface area contributed by atoms with Gasteiger partial charge < -0.3 is 5.32 Å². The number of urea groups is 1. The molecule has 1 atom stereocenters. The molecule has 0 unspecified atom stereocenters. The first-order chi connectivity index (χ1) is 7.49. The third-order valence-electron chi connectivity index (χ3n) is 1.91. The molecule has 1 rings (SSSR count). The molecule has 0 aliphatic rings.